The number of hydrogen-bond acceptors (Lipinski definition) is 5. The average molecular weight is 453 g/mol. The normalized spacial score (nSPS) is 11.0. The van der Waals surface area contributed by atoms with Gasteiger partial charge < -0.3 is 9.64 Å². The Morgan fingerprint density at radius 1 is 0.938 bits per heavy atom. The molecule has 0 heterocycles. The molecule has 0 aliphatic carbocycles. The van der Waals surface area contributed by atoms with Crippen LogP contribution in [-0.4, -0.2) is 33.9 Å². The third kappa shape index (κ3) is 5.33. The molecule has 1 amide bonds. The molecule has 0 aromatic heterocycles. The Labute approximate surface area is 187 Å². The minimum atomic E-state index is -3.94. The SMILES string of the molecule is Cc1ccc(C)c(S(=O)(=O)Nc2ccccc2C(=O)OCC(=O)N(C)c2ccccc2)c1. The first-order valence-electron chi connectivity index (χ1n) is 9.87. The first-order valence-corrected chi connectivity index (χ1v) is 11.3. The van der Waals surface area contributed by atoms with Crippen LogP contribution >= 0.6 is 0 Å². The highest BCUT2D eigenvalue weighted by molar-refractivity contribution is 7.92. The van der Waals surface area contributed by atoms with Gasteiger partial charge >= 0.3 is 5.97 Å². The van der Waals surface area contributed by atoms with E-state index in [0.29, 0.717) is 11.3 Å². The number of amides is 1. The van der Waals surface area contributed by atoms with Crippen LogP contribution in [0.1, 0.15) is 21.5 Å². The standard InChI is InChI=1S/C24H24N2O5S/c1-17-13-14-18(2)22(15-17)32(29,30)25-21-12-8-7-11-20(21)24(28)31-16-23(27)26(3)19-9-5-4-6-10-19/h4-15,25H,16H2,1-3H3. The van der Waals surface area contributed by atoms with Crippen LogP contribution in [0.25, 0.3) is 0 Å². The summed E-state index contributed by atoms with van der Waals surface area (Å²) in [6, 6.07) is 20.2. The number of para-hydroxylation sites is 2. The van der Waals surface area contributed by atoms with Gasteiger partial charge in [-0.15, -0.1) is 0 Å². The van der Waals surface area contributed by atoms with Gasteiger partial charge in [0.25, 0.3) is 15.9 Å². The highest BCUT2D eigenvalue weighted by Crippen LogP contribution is 2.23. The lowest BCUT2D eigenvalue weighted by Crippen LogP contribution is -2.31. The van der Waals surface area contributed by atoms with Crippen molar-refractivity contribution in [1.82, 2.24) is 0 Å². The number of rotatable bonds is 7. The summed E-state index contributed by atoms with van der Waals surface area (Å²) < 4.78 is 33.5. The molecule has 166 valence electrons. The summed E-state index contributed by atoms with van der Waals surface area (Å²) in [5.74, 6) is -1.22. The van der Waals surface area contributed by atoms with Gasteiger partial charge in [0.15, 0.2) is 6.61 Å². The molecule has 0 spiro atoms. The van der Waals surface area contributed by atoms with Crippen LogP contribution in [0.4, 0.5) is 11.4 Å². The van der Waals surface area contributed by atoms with Crippen LogP contribution in [0, 0.1) is 13.8 Å². The molecule has 0 unspecified atom stereocenters. The molecule has 0 bridgehead atoms. The van der Waals surface area contributed by atoms with Gasteiger partial charge in [-0.1, -0.05) is 42.5 Å². The number of likely N-dealkylation sites (N-methyl/N-ethyl adjacent to an activating group) is 1. The summed E-state index contributed by atoms with van der Waals surface area (Å²) in [5.41, 5.74) is 2.12. The molecule has 32 heavy (non-hydrogen) atoms. The third-order valence-electron chi connectivity index (χ3n) is 4.87. The summed E-state index contributed by atoms with van der Waals surface area (Å²) >= 11 is 0. The van der Waals surface area contributed by atoms with Crippen molar-refractivity contribution in [3.05, 3.63) is 89.5 Å². The fourth-order valence-electron chi connectivity index (χ4n) is 3.04. The molecule has 1 N–H and O–H groups in total. The predicted octanol–water partition coefficient (Wildman–Crippen LogP) is 3.92. The van der Waals surface area contributed by atoms with Gasteiger partial charge in [0.1, 0.15) is 0 Å². The van der Waals surface area contributed by atoms with Crippen molar-refractivity contribution in [1.29, 1.82) is 0 Å². The maximum atomic E-state index is 12.9. The van der Waals surface area contributed by atoms with Gasteiger partial charge in [0.2, 0.25) is 0 Å². The second kappa shape index (κ2) is 9.65. The molecule has 7 nitrogen and oxygen atoms in total. The van der Waals surface area contributed by atoms with Crippen LogP contribution in [0.5, 0.6) is 0 Å². The quantitative estimate of drug-likeness (QED) is 0.549. The number of benzene rings is 3. The van der Waals surface area contributed by atoms with E-state index in [1.165, 1.54) is 17.0 Å². The van der Waals surface area contributed by atoms with E-state index in [4.69, 9.17) is 4.74 Å². The molecule has 0 aliphatic rings. The Morgan fingerprint density at radius 2 is 1.59 bits per heavy atom. The molecule has 3 rings (SSSR count). The number of carbonyl (C=O) groups is 2. The lowest BCUT2D eigenvalue weighted by molar-refractivity contribution is -0.121. The van der Waals surface area contributed by atoms with Crippen LogP contribution < -0.4 is 9.62 Å². The lowest BCUT2D eigenvalue weighted by Gasteiger charge is -2.17. The van der Waals surface area contributed by atoms with Crippen LogP contribution in [0.2, 0.25) is 0 Å². The van der Waals surface area contributed by atoms with E-state index in [1.807, 2.05) is 12.1 Å². The van der Waals surface area contributed by atoms with Crippen molar-refractivity contribution < 1.29 is 22.7 Å². The van der Waals surface area contributed by atoms with Crippen LogP contribution in [0.3, 0.4) is 0 Å². The molecule has 3 aromatic carbocycles. The minimum Gasteiger partial charge on any atom is -0.452 e. The Morgan fingerprint density at radius 3 is 2.31 bits per heavy atom. The molecule has 0 aliphatic heterocycles. The van der Waals surface area contributed by atoms with Gasteiger partial charge in [-0.2, -0.15) is 0 Å². The van der Waals surface area contributed by atoms with Gasteiger partial charge in [0, 0.05) is 12.7 Å². The number of nitrogens with one attached hydrogen (secondary N) is 1. The minimum absolute atomic E-state index is 0.0107. The van der Waals surface area contributed by atoms with E-state index >= 15 is 0 Å². The summed E-state index contributed by atoms with van der Waals surface area (Å²) in [5, 5.41) is 0. The number of sulfonamides is 1. The Bertz CT molecular complexity index is 1240. The first-order chi connectivity index (χ1) is 15.2. The van der Waals surface area contributed by atoms with Crippen LogP contribution in [-0.2, 0) is 19.6 Å². The Hall–Kier alpha value is -3.65. The number of anilines is 2. The van der Waals surface area contributed by atoms with Crippen LogP contribution in [0.15, 0.2) is 77.7 Å². The van der Waals surface area contributed by atoms with E-state index in [0.717, 1.165) is 5.56 Å². The van der Waals surface area contributed by atoms with Crippen molar-refractivity contribution in [3.8, 4) is 0 Å². The Balaban J connectivity index is 1.75. The topological polar surface area (TPSA) is 92.8 Å². The number of aryl methyl sites for hydroxylation is 2. The monoisotopic (exact) mass is 452 g/mol. The summed E-state index contributed by atoms with van der Waals surface area (Å²) in [7, 11) is -2.36. The zero-order valence-electron chi connectivity index (χ0n) is 18.0. The Kier molecular flexibility index (Phi) is 6.95. The fourth-order valence-corrected chi connectivity index (χ4v) is 4.45. The van der Waals surface area contributed by atoms with Crippen molar-refractivity contribution in [2.24, 2.45) is 0 Å². The molecular formula is C24H24N2O5S. The number of esters is 1. The molecule has 0 saturated heterocycles. The van der Waals surface area contributed by atoms with Crippen molar-refractivity contribution in [3.63, 3.8) is 0 Å². The van der Waals surface area contributed by atoms with Crippen molar-refractivity contribution in [2.45, 2.75) is 18.7 Å². The second-order valence-corrected chi connectivity index (χ2v) is 8.94. The summed E-state index contributed by atoms with van der Waals surface area (Å²) in [4.78, 5) is 26.5. The van der Waals surface area contributed by atoms with Crippen molar-refractivity contribution >= 4 is 33.3 Å². The number of ether oxygens (including phenoxy) is 1. The molecule has 3 aromatic rings. The smallest absolute Gasteiger partial charge is 0.340 e. The zero-order chi connectivity index (χ0) is 23.3. The summed E-state index contributed by atoms with van der Waals surface area (Å²) in [6.07, 6.45) is 0. The van der Waals surface area contributed by atoms with Crippen molar-refractivity contribution in [2.75, 3.05) is 23.3 Å². The maximum absolute atomic E-state index is 12.9. The fraction of sp³-hybridized carbons (Fsp3) is 0.167. The van der Waals surface area contributed by atoms with E-state index in [9.17, 15) is 18.0 Å². The number of nitrogens with zero attached hydrogens (tertiary/aromatic N) is 1. The van der Waals surface area contributed by atoms with Gasteiger partial charge in [-0.05, 0) is 55.3 Å². The lowest BCUT2D eigenvalue weighted by atomic mass is 10.2. The number of carbonyl (C=O) groups excluding carboxylic acids is 2. The van der Waals surface area contributed by atoms with E-state index < -0.39 is 28.5 Å². The molecule has 0 fully saturated rings. The summed E-state index contributed by atoms with van der Waals surface area (Å²) in [6.45, 7) is 3.01. The highest BCUT2D eigenvalue weighted by atomic mass is 32.2. The van der Waals surface area contributed by atoms with E-state index in [2.05, 4.69) is 4.72 Å². The van der Waals surface area contributed by atoms with Gasteiger partial charge in [-0.3, -0.25) is 9.52 Å². The van der Waals surface area contributed by atoms with E-state index in [-0.39, 0.29) is 16.1 Å². The van der Waals surface area contributed by atoms with Gasteiger partial charge in [0.05, 0.1) is 16.1 Å². The molecule has 8 heteroatoms. The largest absolute Gasteiger partial charge is 0.452 e. The highest BCUT2D eigenvalue weighted by Gasteiger charge is 2.22. The predicted molar refractivity (Wildman–Crippen MR) is 123 cm³/mol. The maximum Gasteiger partial charge on any atom is 0.340 e. The number of hydrogen-bond donors (Lipinski definition) is 1. The first kappa shape index (κ1) is 23.0. The van der Waals surface area contributed by atoms with Gasteiger partial charge in [-0.25, -0.2) is 13.2 Å². The third-order valence-corrected chi connectivity index (χ3v) is 6.38. The molecule has 0 radical (unpaired) electrons. The average Bonchev–Trinajstić information content (AvgIpc) is 2.79. The second-order valence-electron chi connectivity index (χ2n) is 7.28. The van der Waals surface area contributed by atoms with E-state index in [1.54, 1.807) is 69.4 Å². The zero-order valence-corrected chi connectivity index (χ0v) is 18.8. The molecular weight excluding hydrogens is 428 g/mol. The molecule has 0 atom stereocenters. The molecule has 0 saturated carbocycles.